The lowest BCUT2D eigenvalue weighted by Crippen LogP contribution is -2.63. The van der Waals surface area contributed by atoms with Gasteiger partial charge in [-0.1, -0.05) is 6.92 Å². The van der Waals surface area contributed by atoms with Gasteiger partial charge in [-0.05, 0) is 80.5 Å². The predicted octanol–water partition coefficient (Wildman–Crippen LogP) is 0.332. The molecule has 4 fully saturated rings. The molecule has 0 heterocycles. The first kappa shape index (κ1) is 18.1. The van der Waals surface area contributed by atoms with E-state index in [0.717, 1.165) is 32.1 Å². The SMILES string of the molecule is C[C@]12CC[C@H](O)CC1CC[C@H]1[C@@H]3C[C@H](O)[C@H](O)[C@@]3(C(O)(O)O)CC[C@@H]12. The first-order valence-corrected chi connectivity index (χ1v) is 9.82. The Balaban J connectivity index is 1.69. The molecule has 0 aliphatic heterocycles. The lowest BCUT2D eigenvalue weighted by Gasteiger charge is -2.61. The Morgan fingerprint density at radius 1 is 0.840 bits per heavy atom. The van der Waals surface area contributed by atoms with Crippen molar-refractivity contribution in [3.8, 4) is 0 Å². The summed E-state index contributed by atoms with van der Waals surface area (Å²) in [5.74, 6) is -2.29. The van der Waals surface area contributed by atoms with Crippen LogP contribution in [-0.2, 0) is 0 Å². The highest BCUT2D eigenvalue weighted by atomic mass is 16.7. The van der Waals surface area contributed by atoms with Gasteiger partial charge in [0.25, 0.3) is 5.97 Å². The molecule has 0 aromatic heterocycles. The molecule has 0 aromatic rings. The molecule has 144 valence electrons. The van der Waals surface area contributed by atoms with Crippen molar-refractivity contribution in [1.29, 1.82) is 0 Å². The van der Waals surface area contributed by atoms with Crippen LogP contribution in [0.5, 0.6) is 0 Å². The minimum absolute atomic E-state index is 0.107. The van der Waals surface area contributed by atoms with E-state index in [9.17, 15) is 30.6 Å². The highest BCUT2D eigenvalue weighted by Crippen LogP contribution is 2.67. The molecule has 0 radical (unpaired) electrons. The normalized spacial score (nSPS) is 56.0. The molecule has 9 atom stereocenters. The van der Waals surface area contributed by atoms with Crippen molar-refractivity contribution in [3.05, 3.63) is 0 Å². The Morgan fingerprint density at radius 2 is 1.56 bits per heavy atom. The zero-order valence-corrected chi connectivity index (χ0v) is 14.9. The molecule has 1 unspecified atom stereocenters. The molecule has 6 heteroatoms. The molecule has 25 heavy (non-hydrogen) atoms. The lowest BCUT2D eigenvalue weighted by atomic mass is 9.44. The zero-order valence-electron chi connectivity index (χ0n) is 14.9. The van der Waals surface area contributed by atoms with E-state index in [1.165, 1.54) is 0 Å². The third kappa shape index (κ3) is 2.31. The monoisotopic (exact) mass is 356 g/mol. The van der Waals surface area contributed by atoms with E-state index in [4.69, 9.17) is 0 Å². The van der Waals surface area contributed by atoms with E-state index in [-0.39, 0.29) is 23.4 Å². The summed E-state index contributed by atoms with van der Waals surface area (Å²) in [4.78, 5) is 0. The van der Waals surface area contributed by atoms with Crippen LogP contribution in [0.15, 0.2) is 0 Å². The molecule has 0 saturated heterocycles. The second kappa shape index (κ2) is 5.63. The van der Waals surface area contributed by atoms with Crippen LogP contribution in [0.4, 0.5) is 0 Å². The fraction of sp³-hybridized carbons (Fsp3) is 1.00. The second-order valence-corrected chi connectivity index (χ2v) is 9.55. The number of aliphatic hydroxyl groups excluding tert-OH is 3. The number of hydrogen-bond donors (Lipinski definition) is 6. The van der Waals surface area contributed by atoms with E-state index in [0.29, 0.717) is 31.1 Å². The molecule has 0 amide bonds. The van der Waals surface area contributed by atoms with Gasteiger partial charge in [-0.3, -0.25) is 0 Å². The summed E-state index contributed by atoms with van der Waals surface area (Å²) in [5, 5.41) is 61.2. The molecule has 0 aromatic carbocycles. The van der Waals surface area contributed by atoms with E-state index in [1.807, 2.05) is 0 Å². The van der Waals surface area contributed by atoms with Gasteiger partial charge in [0, 0.05) is 0 Å². The maximum Gasteiger partial charge on any atom is 0.284 e. The number of rotatable bonds is 1. The highest BCUT2D eigenvalue weighted by molar-refractivity contribution is 5.14. The van der Waals surface area contributed by atoms with Gasteiger partial charge in [0.1, 0.15) is 0 Å². The summed E-state index contributed by atoms with van der Waals surface area (Å²) >= 11 is 0. The average Bonchev–Trinajstić information content (AvgIpc) is 2.80. The molecule has 0 spiro atoms. The van der Waals surface area contributed by atoms with Crippen LogP contribution in [0.1, 0.15) is 58.3 Å². The first-order valence-electron chi connectivity index (χ1n) is 9.82. The minimum atomic E-state index is -2.99. The molecule has 6 nitrogen and oxygen atoms in total. The van der Waals surface area contributed by atoms with Gasteiger partial charge in [-0.15, -0.1) is 0 Å². The van der Waals surface area contributed by atoms with E-state index in [2.05, 4.69) is 6.92 Å². The molecule has 0 bridgehead atoms. The van der Waals surface area contributed by atoms with E-state index in [1.54, 1.807) is 0 Å². The Morgan fingerprint density at radius 3 is 2.24 bits per heavy atom. The smallest absolute Gasteiger partial charge is 0.284 e. The van der Waals surface area contributed by atoms with Gasteiger partial charge in [0.2, 0.25) is 0 Å². The Labute approximate surface area is 148 Å². The van der Waals surface area contributed by atoms with Crippen molar-refractivity contribution in [2.75, 3.05) is 0 Å². The first-order chi connectivity index (χ1) is 11.6. The van der Waals surface area contributed by atoms with Crippen molar-refractivity contribution >= 4 is 0 Å². The maximum absolute atomic E-state index is 10.5. The zero-order chi connectivity index (χ0) is 18.2. The van der Waals surface area contributed by atoms with Gasteiger partial charge >= 0.3 is 0 Å². The van der Waals surface area contributed by atoms with Gasteiger partial charge in [-0.2, -0.15) is 0 Å². The highest BCUT2D eigenvalue weighted by Gasteiger charge is 2.70. The van der Waals surface area contributed by atoms with Gasteiger partial charge in [0.05, 0.1) is 23.7 Å². The summed E-state index contributed by atoms with van der Waals surface area (Å²) in [6.07, 6.45) is 3.21. The number of aliphatic hydroxyl groups is 6. The molecular formula is C19H32O6. The third-order valence-corrected chi connectivity index (χ3v) is 8.78. The van der Waals surface area contributed by atoms with Crippen molar-refractivity contribution in [2.45, 2.75) is 82.6 Å². The fourth-order valence-electron chi connectivity index (χ4n) is 7.50. The largest absolute Gasteiger partial charge is 0.393 e. The molecule has 4 rings (SSSR count). The van der Waals surface area contributed by atoms with Gasteiger partial charge in [-0.25, -0.2) is 0 Å². The topological polar surface area (TPSA) is 121 Å². The maximum atomic E-state index is 10.5. The second-order valence-electron chi connectivity index (χ2n) is 9.55. The van der Waals surface area contributed by atoms with Crippen LogP contribution < -0.4 is 0 Å². The molecule has 4 saturated carbocycles. The third-order valence-electron chi connectivity index (χ3n) is 8.78. The van der Waals surface area contributed by atoms with Crippen LogP contribution in [-0.4, -0.2) is 54.9 Å². The van der Waals surface area contributed by atoms with Crippen LogP contribution in [0.25, 0.3) is 0 Å². The number of fused-ring (bicyclic) bond motifs is 5. The lowest BCUT2D eigenvalue weighted by molar-refractivity contribution is -0.407. The predicted molar refractivity (Wildman–Crippen MR) is 88.8 cm³/mol. The van der Waals surface area contributed by atoms with Crippen LogP contribution in [0, 0.1) is 34.5 Å². The fourth-order valence-corrected chi connectivity index (χ4v) is 7.50. The van der Waals surface area contributed by atoms with E-state index >= 15 is 0 Å². The summed E-state index contributed by atoms with van der Waals surface area (Å²) in [6, 6.07) is 0. The average molecular weight is 356 g/mol. The Hall–Kier alpha value is -0.240. The van der Waals surface area contributed by atoms with Crippen molar-refractivity contribution in [2.24, 2.45) is 34.5 Å². The minimum Gasteiger partial charge on any atom is -0.393 e. The summed E-state index contributed by atoms with van der Waals surface area (Å²) in [5.41, 5.74) is -1.36. The van der Waals surface area contributed by atoms with E-state index < -0.39 is 23.6 Å². The van der Waals surface area contributed by atoms with Crippen molar-refractivity contribution in [3.63, 3.8) is 0 Å². The Bertz CT molecular complexity index is 532. The van der Waals surface area contributed by atoms with Crippen LogP contribution in [0.3, 0.4) is 0 Å². The summed E-state index contributed by atoms with van der Waals surface area (Å²) < 4.78 is 0. The molecule has 4 aliphatic carbocycles. The van der Waals surface area contributed by atoms with Crippen LogP contribution in [0.2, 0.25) is 0 Å². The van der Waals surface area contributed by atoms with Crippen LogP contribution >= 0.6 is 0 Å². The molecule has 6 N–H and O–H groups in total. The summed E-state index contributed by atoms with van der Waals surface area (Å²) in [7, 11) is 0. The van der Waals surface area contributed by atoms with Gasteiger partial charge in [0.15, 0.2) is 0 Å². The molecule has 4 aliphatic rings. The Kier molecular flexibility index (Phi) is 4.08. The number of hydrogen-bond acceptors (Lipinski definition) is 6. The molecular weight excluding hydrogens is 324 g/mol. The van der Waals surface area contributed by atoms with Crippen molar-refractivity contribution < 1.29 is 30.6 Å². The quantitative estimate of drug-likeness (QED) is 0.377. The van der Waals surface area contributed by atoms with Crippen molar-refractivity contribution in [1.82, 2.24) is 0 Å². The summed E-state index contributed by atoms with van der Waals surface area (Å²) in [6.45, 7) is 2.30. The van der Waals surface area contributed by atoms with Gasteiger partial charge < -0.3 is 30.6 Å². The standard InChI is InChI=1S/C19H32O6/c1-17-6-4-11(20)8-10(17)2-3-12-13(17)5-7-18(19(23,24)25)14(12)9-15(21)16(18)22/h10-16,20-25H,2-9H2,1H3/t10?,11-,12+,13-,14-,15-,16-,17-,18+/m0/s1.